The van der Waals surface area contributed by atoms with E-state index >= 15 is 0 Å². The van der Waals surface area contributed by atoms with Crippen molar-refractivity contribution in [2.45, 2.75) is 39.2 Å². The topological polar surface area (TPSA) is 92.3 Å². The molecule has 0 saturated carbocycles. The van der Waals surface area contributed by atoms with Crippen LogP contribution in [0.25, 0.3) is 0 Å². The van der Waals surface area contributed by atoms with E-state index in [0.29, 0.717) is 17.3 Å². The average Bonchev–Trinajstić information content (AvgIpc) is 2.52. The SMILES string of the molecule is CC(C)c1ccccc1OCc1ncc(CCC(=O)O)c(=O)[nH]1. The van der Waals surface area contributed by atoms with Gasteiger partial charge in [0.15, 0.2) is 0 Å². The first kappa shape index (κ1) is 16.7. The lowest BCUT2D eigenvalue weighted by Gasteiger charge is -2.13. The van der Waals surface area contributed by atoms with E-state index in [0.717, 1.165) is 11.3 Å². The van der Waals surface area contributed by atoms with E-state index in [1.807, 2.05) is 24.3 Å². The number of aromatic amines is 1. The summed E-state index contributed by atoms with van der Waals surface area (Å²) < 4.78 is 5.75. The number of benzene rings is 1. The largest absolute Gasteiger partial charge is 0.485 e. The lowest BCUT2D eigenvalue weighted by Crippen LogP contribution is -2.18. The first-order valence-electron chi connectivity index (χ1n) is 7.48. The molecule has 0 fully saturated rings. The van der Waals surface area contributed by atoms with Crippen LogP contribution in [0.15, 0.2) is 35.3 Å². The molecule has 1 heterocycles. The minimum Gasteiger partial charge on any atom is -0.485 e. The lowest BCUT2D eigenvalue weighted by molar-refractivity contribution is -0.136. The second kappa shape index (κ2) is 7.58. The summed E-state index contributed by atoms with van der Waals surface area (Å²) in [7, 11) is 0. The van der Waals surface area contributed by atoms with Crippen molar-refractivity contribution in [2.75, 3.05) is 0 Å². The number of carbonyl (C=O) groups is 1. The third-order valence-electron chi connectivity index (χ3n) is 3.44. The van der Waals surface area contributed by atoms with Gasteiger partial charge in [-0.05, 0) is 24.0 Å². The molecule has 6 nitrogen and oxygen atoms in total. The zero-order chi connectivity index (χ0) is 16.8. The number of H-pyrrole nitrogens is 1. The smallest absolute Gasteiger partial charge is 0.303 e. The molecule has 122 valence electrons. The maximum atomic E-state index is 11.9. The van der Waals surface area contributed by atoms with Crippen LogP contribution in [0.2, 0.25) is 0 Å². The molecule has 23 heavy (non-hydrogen) atoms. The third kappa shape index (κ3) is 4.67. The molecule has 2 N–H and O–H groups in total. The maximum absolute atomic E-state index is 11.9. The number of carboxylic acids is 1. The summed E-state index contributed by atoms with van der Waals surface area (Å²) in [5, 5.41) is 8.65. The van der Waals surface area contributed by atoms with Gasteiger partial charge in [0, 0.05) is 18.2 Å². The number of nitrogens with one attached hydrogen (secondary N) is 1. The Morgan fingerprint density at radius 2 is 2.09 bits per heavy atom. The number of aryl methyl sites for hydroxylation is 1. The zero-order valence-corrected chi connectivity index (χ0v) is 13.2. The van der Waals surface area contributed by atoms with Crippen molar-refractivity contribution in [1.29, 1.82) is 0 Å². The monoisotopic (exact) mass is 316 g/mol. The van der Waals surface area contributed by atoms with Gasteiger partial charge < -0.3 is 14.8 Å². The highest BCUT2D eigenvalue weighted by molar-refractivity contribution is 5.67. The third-order valence-corrected chi connectivity index (χ3v) is 3.44. The van der Waals surface area contributed by atoms with Crippen LogP contribution in [0.3, 0.4) is 0 Å². The second-order valence-corrected chi connectivity index (χ2v) is 5.56. The molecule has 0 radical (unpaired) electrons. The van der Waals surface area contributed by atoms with E-state index in [2.05, 4.69) is 23.8 Å². The number of aromatic nitrogens is 2. The molecule has 1 aromatic carbocycles. The average molecular weight is 316 g/mol. The fourth-order valence-electron chi connectivity index (χ4n) is 2.19. The number of hydrogen-bond acceptors (Lipinski definition) is 4. The summed E-state index contributed by atoms with van der Waals surface area (Å²) in [4.78, 5) is 29.2. The first-order valence-corrected chi connectivity index (χ1v) is 7.48. The van der Waals surface area contributed by atoms with Crippen LogP contribution in [0, 0.1) is 0 Å². The Morgan fingerprint density at radius 1 is 1.35 bits per heavy atom. The molecule has 0 bridgehead atoms. The minimum atomic E-state index is -0.942. The van der Waals surface area contributed by atoms with Crippen molar-refractivity contribution in [3.63, 3.8) is 0 Å². The highest BCUT2D eigenvalue weighted by atomic mass is 16.5. The van der Waals surface area contributed by atoms with Crippen LogP contribution in [0.1, 0.15) is 43.1 Å². The highest BCUT2D eigenvalue weighted by Gasteiger charge is 2.09. The van der Waals surface area contributed by atoms with Crippen molar-refractivity contribution in [2.24, 2.45) is 0 Å². The number of para-hydroxylation sites is 1. The van der Waals surface area contributed by atoms with E-state index in [1.54, 1.807) is 0 Å². The van der Waals surface area contributed by atoms with Gasteiger partial charge in [-0.1, -0.05) is 32.0 Å². The Balaban J connectivity index is 2.06. The predicted octanol–water partition coefficient (Wildman–Crippen LogP) is 2.49. The van der Waals surface area contributed by atoms with E-state index in [-0.39, 0.29) is 25.0 Å². The van der Waals surface area contributed by atoms with Gasteiger partial charge in [0.2, 0.25) is 0 Å². The van der Waals surface area contributed by atoms with Crippen molar-refractivity contribution in [3.8, 4) is 5.75 Å². The van der Waals surface area contributed by atoms with Crippen LogP contribution in [0.4, 0.5) is 0 Å². The van der Waals surface area contributed by atoms with Crippen LogP contribution < -0.4 is 10.3 Å². The minimum absolute atomic E-state index is 0.0949. The number of nitrogens with zero attached hydrogens (tertiary/aromatic N) is 1. The van der Waals surface area contributed by atoms with Gasteiger partial charge in [0.05, 0.1) is 0 Å². The summed E-state index contributed by atoms with van der Waals surface area (Å²) in [6, 6.07) is 7.74. The molecule has 0 atom stereocenters. The molecule has 0 aliphatic rings. The van der Waals surface area contributed by atoms with Gasteiger partial charge in [-0.2, -0.15) is 0 Å². The summed E-state index contributed by atoms with van der Waals surface area (Å²) in [6.45, 7) is 4.32. The fraction of sp³-hybridized carbons (Fsp3) is 0.353. The summed E-state index contributed by atoms with van der Waals surface area (Å²) in [5.41, 5.74) is 1.13. The molecule has 6 heteroatoms. The van der Waals surface area contributed by atoms with Gasteiger partial charge in [-0.25, -0.2) is 4.98 Å². The lowest BCUT2D eigenvalue weighted by atomic mass is 10.0. The molecular weight excluding hydrogens is 296 g/mol. The van der Waals surface area contributed by atoms with Crippen LogP contribution in [-0.4, -0.2) is 21.0 Å². The predicted molar refractivity (Wildman–Crippen MR) is 85.7 cm³/mol. The van der Waals surface area contributed by atoms with Gasteiger partial charge >= 0.3 is 5.97 Å². The molecule has 0 amide bonds. The Bertz CT molecular complexity index is 737. The second-order valence-electron chi connectivity index (χ2n) is 5.56. The molecule has 0 aliphatic heterocycles. The number of rotatable bonds is 7. The Hall–Kier alpha value is -2.63. The zero-order valence-electron chi connectivity index (χ0n) is 13.2. The first-order chi connectivity index (χ1) is 11.0. The van der Waals surface area contributed by atoms with Crippen molar-refractivity contribution in [3.05, 3.63) is 57.8 Å². The standard InChI is InChI=1S/C17H20N2O4/c1-11(2)13-5-3-4-6-14(13)23-10-15-18-9-12(17(22)19-15)7-8-16(20)21/h3-6,9,11H,7-8,10H2,1-2H3,(H,20,21)(H,18,19,22). The normalized spacial score (nSPS) is 10.7. The number of ether oxygens (including phenoxy) is 1. The molecule has 0 spiro atoms. The Morgan fingerprint density at radius 3 is 2.74 bits per heavy atom. The van der Waals surface area contributed by atoms with Crippen LogP contribution >= 0.6 is 0 Å². The van der Waals surface area contributed by atoms with E-state index in [1.165, 1.54) is 6.20 Å². The van der Waals surface area contributed by atoms with Gasteiger partial charge in [-0.15, -0.1) is 0 Å². The summed E-state index contributed by atoms with van der Waals surface area (Å²) >= 11 is 0. The molecule has 0 unspecified atom stereocenters. The summed E-state index contributed by atoms with van der Waals surface area (Å²) in [6.07, 6.45) is 1.48. The van der Waals surface area contributed by atoms with Gasteiger partial charge in [0.1, 0.15) is 18.2 Å². The molecule has 0 saturated heterocycles. The molecule has 2 rings (SSSR count). The molecule has 0 aliphatic carbocycles. The maximum Gasteiger partial charge on any atom is 0.303 e. The molecular formula is C17H20N2O4. The molecule has 2 aromatic rings. The van der Waals surface area contributed by atoms with Crippen molar-refractivity contribution in [1.82, 2.24) is 9.97 Å². The van der Waals surface area contributed by atoms with Crippen LogP contribution in [0.5, 0.6) is 5.75 Å². The van der Waals surface area contributed by atoms with Crippen LogP contribution in [-0.2, 0) is 17.8 Å². The number of hydrogen-bond donors (Lipinski definition) is 2. The van der Waals surface area contributed by atoms with Gasteiger partial charge in [0.25, 0.3) is 5.56 Å². The number of carboxylic acid groups (broad SMARTS) is 1. The molecule has 1 aromatic heterocycles. The fourth-order valence-corrected chi connectivity index (χ4v) is 2.19. The van der Waals surface area contributed by atoms with Gasteiger partial charge in [-0.3, -0.25) is 9.59 Å². The van der Waals surface area contributed by atoms with E-state index < -0.39 is 5.97 Å². The summed E-state index contributed by atoms with van der Waals surface area (Å²) in [5.74, 6) is 0.562. The highest BCUT2D eigenvalue weighted by Crippen LogP contribution is 2.26. The Labute approximate surface area is 134 Å². The van der Waals surface area contributed by atoms with Crippen molar-refractivity contribution >= 4 is 5.97 Å². The quantitative estimate of drug-likeness (QED) is 0.818. The Kier molecular flexibility index (Phi) is 5.51. The van der Waals surface area contributed by atoms with Crippen molar-refractivity contribution < 1.29 is 14.6 Å². The van der Waals surface area contributed by atoms with E-state index in [9.17, 15) is 9.59 Å². The van der Waals surface area contributed by atoms with E-state index in [4.69, 9.17) is 9.84 Å². The number of aliphatic carboxylic acids is 1.